The zero-order valence-corrected chi connectivity index (χ0v) is 35.3. The summed E-state index contributed by atoms with van der Waals surface area (Å²) in [5.41, 5.74) is 5.77. The Kier molecular flexibility index (Phi) is 11.1. The molecule has 4 aromatic rings. The van der Waals surface area contributed by atoms with Crippen molar-refractivity contribution >= 4 is 55.0 Å². The first-order valence-electron chi connectivity index (χ1n) is 20.1. The summed E-state index contributed by atoms with van der Waals surface area (Å²) in [5, 5.41) is 7.66. The zero-order chi connectivity index (χ0) is 40.2. The molecule has 0 unspecified atom stereocenters. The molecule has 0 bridgehead atoms. The molecule has 1 aliphatic heterocycles. The number of amides is 1. The molecule has 1 aromatic carbocycles. The molecule has 7 rings (SSSR count). The molecule has 1 amide bonds. The highest BCUT2D eigenvalue weighted by Crippen LogP contribution is 2.46. The highest BCUT2D eigenvalue weighted by Gasteiger charge is 2.40. The number of halogens is 3. The van der Waals surface area contributed by atoms with Gasteiger partial charge in [-0.15, -0.1) is 22.7 Å². The second-order valence-electron chi connectivity index (χ2n) is 18.9. The highest BCUT2D eigenvalue weighted by atomic mass is 32.1. The van der Waals surface area contributed by atoms with Crippen LogP contribution >= 0.6 is 22.7 Å². The summed E-state index contributed by atoms with van der Waals surface area (Å²) in [7, 11) is 0. The van der Waals surface area contributed by atoms with Crippen LogP contribution in [0.1, 0.15) is 130 Å². The number of aromatic amines is 1. The third-order valence-corrected chi connectivity index (χ3v) is 14.5. The van der Waals surface area contributed by atoms with Crippen molar-refractivity contribution in [2.24, 2.45) is 27.7 Å². The molecule has 56 heavy (non-hydrogen) atoms. The largest absolute Gasteiger partial charge is 0.347 e. The number of benzene rings is 1. The minimum Gasteiger partial charge on any atom is -0.347 e. The number of thiophene rings is 2. The van der Waals surface area contributed by atoms with Crippen LogP contribution in [0.15, 0.2) is 52.4 Å². The van der Waals surface area contributed by atoms with Gasteiger partial charge < -0.3 is 10.3 Å². The monoisotopic (exact) mass is 804 g/mol. The summed E-state index contributed by atoms with van der Waals surface area (Å²) in [6.07, 6.45) is 6.78. The maximum atomic E-state index is 14.4. The SMILES string of the molecule is CC1(F)CCC(C(=O)N[C@H](C2=NC=C(c3ccc(-c4csc5c(-c6cnc([C@@H](CC(=O)C7CCC(F)(F)CC7)C(C)(C)C)[nH]6)csc45)cc3)C2)C(C)(C)C)CC1. The van der Waals surface area contributed by atoms with E-state index >= 15 is 0 Å². The molecule has 6 nitrogen and oxygen atoms in total. The fraction of sp³-hybridized carbons (Fsp3) is 0.556. The van der Waals surface area contributed by atoms with Gasteiger partial charge in [0.05, 0.1) is 27.3 Å². The quantitative estimate of drug-likeness (QED) is 0.167. The second kappa shape index (κ2) is 15.3. The van der Waals surface area contributed by atoms with Crippen LogP contribution in [-0.2, 0) is 9.59 Å². The average molecular weight is 805 g/mol. The Labute approximate surface area is 336 Å². The first-order chi connectivity index (χ1) is 26.3. The van der Waals surface area contributed by atoms with E-state index in [2.05, 4.69) is 86.9 Å². The molecule has 2 saturated carbocycles. The fourth-order valence-electron chi connectivity index (χ4n) is 8.61. The van der Waals surface area contributed by atoms with E-state index in [0.29, 0.717) is 32.1 Å². The Bertz CT molecular complexity index is 2120. The number of fused-ring (bicyclic) bond motifs is 1. The van der Waals surface area contributed by atoms with Gasteiger partial charge in [0, 0.05) is 77.2 Å². The van der Waals surface area contributed by atoms with Gasteiger partial charge in [-0.05, 0) is 73.0 Å². The van der Waals surface area contributed by atoms with E-state index in [9.17, 15) is 22.8 Å². The van der Waals surface area contributed by atoms with Crippen LogP contribution in [0.25, 0.3) is 37.4 Å². The van der Waals surface area contributed by atoms with Crippen molar-refractivity contribution in [3.8, 4) is 22.4 Å². The van der Waals surface area contributed by atoms with Crippen LogP contribution in [0.2, 0.25) is 0 Å². The number of alkyl halides is 3. The van der Waals surface area contributed by atoms with Crippen molar-refractivity contribution in [1.82, 2.24) is 15.3 Å². The molecule has 2 fully saturated rings. The van der Waals surface area contributed by atoms with Crippen LogP contribution in [0.4, 0.5) is 13.2 Å². The summed E-state index contributed by atoms with van der Waals surface area (Å²) in [6, 6.07) is 8.39. The number of carbonyl (C=O) groups is 2. The van der Waals surface area contributed by atoms with Crippen molar-refractivity contribution < 1.29 is 22.8 Å². The van der Waals surface area contributed by atoms with Gasteiger partial charge in [-0.2, -0.15) is 0 Å². The van der Waals surface area contributed by atoms with Crippen LogP contribution in [0, 0.1) is 22.7 Å². The molecule has 3 aliphatic rings. The Morgan fingerprint density at radius 2 is 1.45 bits per heavy atom. The molecule has 4 heterocycles. The molecule has 3 aromatic heterocycles. The van der Waals surface area contributed by atoms with Crippen molar-refractivity contribution in [3.63, 3.8) is 0 Å². The molecule has 300 valence electrons. The topological polar surface area (TPSA) is 87.2 Å². The predicted octanol–water partition coefficient (Wildman–Crippen LogP) is 12.6. The minimum absolute atomic E-state index is 0.00161. The number of carbonyl (C=O) groups excluding carboxylic acids is 2. The summed E-state index contributed by atoms with van der Waals surface area (Å²) >= 11 is 3.41. The maximum Gasteiger partial charge on any atom is 0.248 e. The Morgan fingerprint density at radius 3 is 2.07 bits per heavy atom. The molecule has 11 heteroatoms. The predicted molar refractivity (Wildman–Crippen MR) is 224 cm³/mol. The molecular formula is C45H55F3N4O2S2. The summed E-state index contributed by atoms with van der Waals surface area (Å²) < 4.78 is 44.3. The van der Waals surface area contributed by atoms with E-state index in [-0.39, 0.29) is 78.4 Å². The molecule has 2 aliphatic carbocycles. The lowest BCUT2D eigenvalue weighted by molar-refractivity contribution is -0.128. The van der Waals surface area contributed by atoms with E-state index in [1.165, 1.54) is 15.0 Å². The number of hydrogen-bond donors (Lipinski definition) is 2. The van der Waals surface area contributed by atoms with Gasteiger partial charge in [0.2, 0.25) is 11.8 Å². The minimum atomic E-state index is -2.66. The van der Waals surface area contributed by atoms with Crippen LogP contribution in [-0.4, -0.2) is 45.0 Å². The number of hydrogen-bond acceptors (Lipinski definition) is 6. The van der Waals surface area contributed by atoms with Crippen molar-refractivity contribution in [1.29, 1.82) is 0 Å². The lowest BCUT2D eigenvalue weighted by atomic mass is 9.74. The van der Waals surface area contributed by atoms with E-state index in [1.807, 2.05) is 12.4 Å². The molecule has 0 spiro atoms. The zero-order valence-electron chi connectivity index (χ0n) is 33.7. The number of Topliss-reactive ketones (excluding diaryl/α,β-unsaturated/α-hetero) is 1. The van der Waals surface area contributed by atoms with Crippen LogP contribution in [0.5, 0.6) is 0 Å². The molecule has 0 saturated heterocycles. The number of ketones is 1. The normalized spacial score (nSPS) is 23.1. The molecular weight excluding hydrogens is 750 g/mol. The number of rotatable bonds is 10. The average Bonchev–Trinajstić information content (AvgIpc) is 3.94. The van der Waals surface area contributed by atoms with Crippen molar-refractivity contribution in [2.75, 3.05) is 0 Å². The summed E-state index contributed by atoms with van der Waals surface area (Å²) in [5.74, 6) is -2.47. The van der Waals surface area contributed by atoms with Crippen LogP contribution < -0.4 is 5.32 Å². The van der Waals surface area contributed by atoms with E-state index in [0.717, 1.165) is 39.5 Å². The Morgan fingerprint density at radius 1 is 0.857 bits per heavy atom. The molecule has 0 radical (unpaired) electrons. The van der Waals surface area contributed by atoms with Crippen molar-refractivity contribution in [2.45, 2.75) is 136 Å². The number of imidazole rings is 1. The Balaban J connectivity index is 1.02. The van der Waals surface area contributed by atoms with Gasteiger partial charge >= 0.3 is 0 Å². The highest BCUT2D eigenvalue weighted by molar-refractivity contribution is 7.27. The number of nitrogens with zero attached hydrogens (tertiary/aromatic N) is 2. The standard InChI is InChI=1S/C45H55F3N4O2S2/c1-42(2,3)33(21-36(53)28-14-18-45(47,48)19-15-28)40-50-23-35(51-40)32-25-56-37-31(24-55-38(32)37)27-10-8-26(9-11-27)30-20-34(49-22-30)39(43(4,5)6)52-41(54)29-12-16-44(7,46)17-13-29/h8-11,22-25,28-29,33,39H,12-21H2,1-7H3,(H,50,51)(H,52,54)/t29?,33-,39-,44?/m1/s1. The number of aromatic nitrogens is 2. The third-order valence-electron chi connectivity index (χ3n) is 12.3. The van der Waals surface area contributed by atoms with E-state index < -0.39 is 11.6 Å². The lowest BCUT2D eigenvalue weighted by Crippen LogP contribution is -2.51. The fourth-order valence-corrected chi connectivity index (χ4v) is 11.0. The van der Waals surface area contributed by atoms with Crippen molar-refractivity contribution in [3.05, 3.63) is 58.8 Å². The summed E-state index contributed by atoms with van der Waals surface area (Å²) in [4.78, 5) is 39.8. The Hall–Kier alpha value is -3.57. The number of H-pyrrole nitrogens is 1. The second-order valence-corrected chi connectivity index (χ2v) is 20.6. The number of allylic oxidation sites excluding steroid dienone is 1. The van der Waals surface area contributed by atoms with Crippen LogP contribution in [0.3, 0.4) is 0 Å². The first-order valence-corrected chi connectivity index (χ1v) is 21.8. The van der Waals surface area contributed by atoms with Gasteiger partial charge in [0.25, 0.3) is 0 Å². The van der Waals surface area contributed by atoms with E-state index in [1.54, 1.807) is 29.6 Å². The summed E-state index contributed by atoms with van der Waals surface area (Å²) in [6.45, 7) is 14.3. The van der Waals surface area contributed by atoms with E-state index in [4.69, 9.17) is 9.98 Å². The third kappa shape index (κ3) is 8.79. The number of nitrogens with one attached hydrogen (secondary N) is 2. The number of aliphatic imine (C=N–C) groups is 1. The van der Waals surface area contributed by atoms with Gasteiger partial charge in [0.15, 0.2) is 0 Å². The first kappa shape index (κ1) is 40.6. The molecule has 2 N–H and O–H groups in total. The van der Waals surface area contributed by atoms with Gasteiger partial charge in [0.1, 0.15) is 17.3 Å². The lowest BCUT2D eigenvalue weighted by Gasteiger charge is -2.35. The van der Waals surface area contributed by atoms with Gasteiger partial charge in [-0.25, -0.2) is 18.2 Å². The van der Waals surface area contributed by atoms with Gasteiger partial charge in [-0.3, -0.25) is 14.6 Å². The van der Waals surface area contributed by atoms with Gasteiger partial charge in [-0.1, -0.05) is 65.8 Å². The molecule has 2 atom stereocenters. The smallest absolute Gasteiger partial charge is 0.248 e. The maximum absolute atomic E-state index is 14.4.